The van der Waals surface area contributed by atoms with Crippen molar-refractivity contribution in [3.8, 4) is 21.6 Å². The van der Waals surface area contributed by atoms with E-state index in [0.717, 1.165) is 37.2 Å². The third-order valence-electron chi connectivity index (χ3n) is 3.59. The normalized spacial score (nSPS) is 12.3. The number of halogens is 1. The Labute approximate surface area is 129 Å². The summed E-state index contributed by atoms with van der Waals surface area (Å²) in [5.74, 6) is 0.125. The molecule has 2 aromatic carbocycles. The van der Waals surface area contributed by atoms with Gasteiger partial charge in [-0.2, -0.15) is 0 Å². The van der Waals surface area contributed by atoms with Crippen molar-refractivity contribution in [2.24, 2.45) is 0 Å². The molecular weight excluding hydrogens is 332 g/mol. The van der Waals surface area contributed by atoms with Crippen molar-refractivity contribution in [3.63, 3.8) is 0 Å². The summed E-state index contributed by atoms with van der Waals surface area (Å²) in [4.78, 5) is 13.9. The zero-order chi connectivity index (χ0) is 13.7. The molecule has 3 aromatic rings. The summed E-state index contributed by atoms with van der Waals surface area (Å²) in [5.41, 5.74) is 4.74. The fourth-order valence-electron chi connectivity index (χ4n) is 2.73. The minimum atomic E-state index is 0.125. The molecule has 0 bridgehead atoms. The van der Waals surface area contributed by atoms with Crippen LogP contribution in [0.4, 0.5) is 0 Å². The maximum absolute atomic E-state index is 12.7. The fraction of sp³-hybridized carbons (Fsp3) is 0. The molecule has 1 aliphatic rings. The summed E-state index contributed by atoms with van der Waals surface area (Å²) in [6.45, 7) is 0. The van der Waals surface area contributed by atoms with Crippen LogP contribution in [0, 0.1) is 0 Å². The van der Waals surface area contributed by atoms with Gasteiger partial charge >= 0.3 is 0 Å². The molecule has 1 aromatic heterocycles. The number of carbonyl (C=O) groups is 1. The van der Waals surface area contributed by atoms with Crippen LogP contribution in [-0.2, 0) is 0 Å². The van der Waals surface area contributed by atoms with E-state index in [1.807, 2.05) is 47.8 Å². The Morgan fingerprint density at radius 2 is 1.70 bits per heavy atom. The monoisotopic (exact) mass is 340 g/mol. The molecule has 4 rings (SSSR count). The molecule has 0 spiro atoms. The van der Waals surface area contributed by atoms with E-state index in [9.17, 15) is 4.79 Å². The second-order valence-corrected chi connectivity index (χ2v) is 6.59. The molecule has 0 fully saturated rings. The van der Waals surface area contributed by atoms with Crippen molar-refractivity contribution in [1.82, 2.24) is 0 Å². The summed E-state index contributed by atoms with van der Waals surface area (Å²) in [5, 5.41) is 2.04. The first kappa shape index (κ1) is 12.1. The van der Waals surface area contributed by atoms with E-state index in [2.05, 4.69) is 22.0 Å². The zero-order valence-corrected chi connectivity index (χ0v) is 12.8. The Balaban J connectivity index is 2.03. The largest absolute Gasteiger partial charge is 0.289 e. The first-order valence-electron chi connectivity index (χ1n) is 6.27. The summed E-state index contributed by atoms with van der Waals surface area (Å²) in [6.07, 6.45) is 0. The van der Waals surface area contributed by atoms with Gasteiger partial charge in [0, 0.05) is 26.0 Å². The Bertz CT molecular complexity index is 834. The van der Waals surface area contributed by atoms with Crippen LogP contribution in [0.5, 0.6) is 0 Å². The van der Waals surface area contributed by atoms with Gasteiger partial charge in [-0.05, 0) is 34.7 Å². The van der Waals surface area contributed by atoms with E-state index >= 15 is 0 Å². The van der Waals surface area contributed by atoms with Crippen LogP contribution in [0.25, 0.3) is 21.6 Å². The smallest absolute Gasteiger partial charge is 0.194 e. The minimum absolute atomic E-state index is 0.125. The van der Waals surface area contributed by atoms with Crippen molar-refractivity contribution in [2.75, 3.05) is 0 Å². The third-order valence-corrected chi connectivity index (χ3v) is 4.99. The van der Waals surface area contributed by atoms with Crippen molar-refractivity contribution >= 4 is 33.0 Å². The van der Waals surface area contributed by atoms with E-state index in [0.29, 0.717) is 0 Å². The molecule has 1 heterocycles. The molecule has 0 radical (unpaired) electrons. The van der Waals surface area contributed by atoms with Crippen molar-refractivity contribution in [1.29, 1.82) is 0 Å². The predicted octanol–water partition coefficient (Wildman–Crippen LogP) is 5.39. The van der Waals surface area contributed by atoms with Crippen LogP contribution < -0.4 is 0 Å². The van der Waals surface area contributed by atoms with E-state index in [1.165, 1.54) is 0 Å². The summed E-state index contributed by atoms with van der Waals surface area (Å²) in [7, 11) is 0. The molecule has 0 amide bonds. The standard InChI is InChI=1S/C17H9BrOS/c18-10-6-7-11-12-3-1-4-13(15-5-2-8-20-15)16(12)17(19)14(11)9-10/h1-9H. The summed E-state index contributed by atoms with van der Waals surface area (Å²) >= 11 is 5.11. The van der Waals surface area contributed by atoms with Crippen LogP contribution in [-0.4, -0.2) is 5.78 Å². The lowest BCUT2D eigenvalue weighted by Gasteiger charge is -2.05. The number of ketones is 1. The fourth-order valence-corrected chi connectivity index (χ4v) is 3.85. The lowest BCUT2D eigenvalue weighted by atomic mass is 10.00. The van der Waals surface area contributed by atoms with Gasteiger partial charge in [-0.15, -0.1) is 11.3 Å². The molecule has 96 valence electrons. The number of hydrogen-bond donors (Lipinski definition) is 0. The molecule has 3 heteroatoms. The number of hydrogen-bond acceptors (Lipinski definition) is 2. The molecule has 0 aliphatic heterocycles. The first-order chi connectivity index (χ1) is 9.75. The van der Waals surface area contributed by atoms with Gasteiger partial charge in [0.15, 0.2) is 5.78 Å². The molecule has 0 unspecified atom stereocenters. The van der Waals surface area contributed by atoms with Gasteiger partial charge in [-0.3, -0.25) is 4.79 Å². The highest BCUT2D eigenvalue weighted by Crippen LogP contribution is 2.43. The van der Waals surface area contributed by atoms with Gasteiger partial charge < -0.3 is 0 Å². The third kappa shape index (κ3) is 1.63. The maximum Gasteiger partial charge on any atom is 0.194 e. The van der Waals surface area contributed by atoms with Gasteiger partial charge in [-0.1, -0.05) is 46.3 Å². The predicted molar refractivity (Wildman–Crippen MR) is 86.3 cm³/mol. The van der Waals surface area contributed by atoms with Crippen molar-refractivity contribution in [2.45, 2.75) is 0 Å². The van der Waals surface area contributed by atoms with Gasteiger partial charge in [-0.25, -0.2) is 0 Å². The van der Waals surface area contributed by atoms with Gasteiger partial charge in [0.2, 0.25) is 0 Å². The topological polar surface area (TPSA) is 17.1 Å². The minimum Gasteiger partial charge on any atom is -0.289 e. The van der Waals surface area contributed by atoms with E-state index < -0.39 is 0 Å². The molecule has 1 aliphatic carbocycles. The average Bonchev–Trinajstić information content (AvgIpc) is 3.07. The molecule has 0 N–H and O–H groups in total. The van der Waals surface area contributed by atoms with Crippen LogP contribution in [0.3, 0.4) is 0 Å². The quantitative estimate of drug-likeness (QED) is 0.454. The average molecular weight is 341 g/mol. The highest BCUT2D eigenvalue weighted by molar-refractivity contribution is 9.10. The van der Waals surface area contributed by atoms with E-state index in [1.54, 1.807) is 11.3 Å². The lowest BCUT2D eigenvalue weighted by molar-refractivity contribution is 0.104. The van der Waals surface area contributed by atoms with Gasteiger partial charge in [0.1, 0.15) is 0 Å². The number of thiophene rings is 1. The molecular formula is C17H9BrOS. The molecule has 0 saturated heterocycles. The Morgan fingerprint density at radius 1 is 0.850 bits per heavy atom. The highest BCUT2D eigenvalue weighted by Gasteiger charge is 2.29. The molecule has 0 saturated carbocycles. The molecule has 1 nitrogen and oxygen atoms in total. The lowest BCUT2D eigenvalue weighted by Crippen LogP contribution is -1.97. The van der Waals surface area contributed by atoms with E-state index in [-0.39, 0.29) is 5.78 Å². The van der Waals surface area contributed by atoms with Crippen LogP contribution >= 0.6 is 27.3 Å². The Kier molecular flexibility index (Phi) is 2.65. The van der Waals surface area contributed by atoms with Crippen LogP contribution in [0.2, 0.25) is 0 Å². The number of carbonyl (C=O) groups excluding carboxylic acids is 1. The summed E-state index contributed by atoms with van der Waals surface area (Å²) < 4.78 is 0.940. The van der Waals surface area contributed by atoms with Crippen LogP contribution in [0.15, 0.2) is 58.4 Å². The Hall–Kier alpha value is -1.71. The Morgan fingerprint density at radius 3 is 2.50 bits per heavy atom. The van der Waals surface area contributed by atoms with Gasteiger partial charge in [0.05, 0.1) is 0 Å². The number of fused-ring (bicyclic) bond motifs is 3. The van der Waals surface area contributed by atoms with Crippen LogP contribution in [0.1, 0.15) is 15.9 Å². The highest BCUT2D eigenvalue weighted by atomic mass is 79.9. The maximum atomic E-state index is 12.7. The van der Waals surface area contributed by atoms with Gasteiger partial charge in [0.25, 0.3) is 0 Å². The SMILES string of the molecule is O=C1c2cc(Br)ccc2-c2cccc(-c3cccs3)c21. The van der Waals surface area contributed by atoms with E-state index in [4.69, 9.17) is 0 Å². The molecule has 0 atom stereocenters. The number of rotatable bonds is 1. The van der Waals surface area contributed by atoms with Crippen molar-refractivity contribution in [3.05, 3.63) is 69.5 Å². The van der Waals surface area contributed by atoms with Crippen molar-refractivity contribution < 1.29 is 4.79 Å². The summed E-state index contributed by atoms with van der Waals surface area (Å²) in [6, 6.07) is 16.1. The first-order valence-corrected chi connectivity index (χ1v) is 7.94. The number of benzene rings is 2. The molecule has 20 heavy (non-hydrogen) atoms. The second kappa shape index (κ2) is 4.40. The second-order valence-electron chi connectivity index (χ2n) is 4.72. The zero-order valence-electron chi connectivity index (χ0n) is 10.4.